The summed E-state index contributed by atoms with van der Waals surface area (Å²) in [6.45, 7) is 0. The van der Waals surface area contributed by atoms with Crippen LogP contribution >= 0.6 is 0 Å². The molecule has 1 aromatic heterocycles. The monoisotopic (exact) mass is 220 g/mol. The van der Waals surface area contributed by atoms with E-state index in [1.54, 1.807) is 0 Å². The second-order valence-corrected chi connectivity index (χ2v) is 2.08. The molecule has 0 atom stereocenters. The molecule has 0 aliphatic carbocycles. The fourth-order valence-corrected chi connectivity index (χ4v) is 0.655. The van der Waals surface area contributed by atoms with E-state index in [9.17, 15) is 14.7 Å². The minimum Gasteiger partial charge on any atom is -0.543 e. The van der Waals surface area contributed by atoms with E-state index in [2.05, 4.69) is 14.9 Å². The van der Waals surface area contributed by atoms with Crippen molar-refractivity contribution in [2.75, 3.05) is 7.11 Å². The van der Waals surface area contributed by atoms with Gasteiger partial charge in [0.15, 0.2) is 5.69 Å². The normalized spacial score (nSPS) is 8.64. The number of aromatic carboxylic acids is 1. The van der Waals surface area contributed by atoms with Crippen molar-refractivity contribution in [2.24, 2.45) is 0 Å². The van der Waals surface area contributed by atoms with Crippen LogP contribution in [0.1, 0.15) is 21.0 Å². The number of hydrogen-bond donors (Lipinski definition) is 0. The van der Waals surface area contributed by atoms with Gasteiger partial charge in [-0.05, 0) is 12.1 Å². The van der Waals surface area contributed by atoms with Crippen molar-refractivity contribution in [2.45, 2.75) is 0 Å². The predicted octanol–water partition coefficient (Wildman–Crippen LogP) is -4.37. The molecule has 0 fully saturated rings. The molecule has 14 heavy (non-hydrogen) atoms. The van der Waals surface area contributed by atoms with Crippen molar-refractivity contribution >= 4 is 11.9 Å². The summed E-state index contributed by atoms with van der Waals surface area (Å²) in [5.41, 5.74) is -0.375. The first-order valence-electron chi connectivity index (χ1n) is 3.28. The molecular weight excluding hydrogens is 215 g/mol. The Bertz CT molecular complexity index is 338. The van der Waals surface area contributed by atoms with Crippen molar-refractivity contribution in [3.63, 3.8) is 0 Å². The largest absolute Gasteiger partial charge is 1.00 e. The number of carboxylic acids is 1. The molecule has 0 saturated heterocycles. The topological polar surface area (TPSA) is 92.2 Å². The second-order valence-electron chi connectivity index (χ2n) is 2.08. The van der Waals surface area contributed by atoms with Crippen LogP contribution in [0.15, 0.2) is 12.1 Å². The molecule has 0 radical (unpaired) electrons. The standard InChI is InChI=1S/C7H6N2O4.K/c1-13-7(12)5-3-2-4(6(10)11)8-9-5;/h2-3H,1H3,(H,10,11);/q;+1/p-1. The molecule has 0 aliphatic rings. The third-order valence-electron chi connectivity index (χ3n) is 1.27. The third kappa shape index (κ3) is 3.43. The Labute approximate surface area is 122 Å². The number of carboxylic acid groups (broad SMARTS) is 1. The zero-order chi connectivity index (χ0) is 9.84. The average molecular weight is 220 g/mol. The number of nitrogens with zero attached hydrogens (tertiary/aromatic N) is 2. The molecule has 6 nitrogen and oxygen atoms in total. The predicted molar refractivity (Wildman–Crippen MR) is 37.7 cm³/mol. The SMILES string of the molecule is COC(=O)c1ccc(C(=O)[O-])nn1.[K+]. The zero-order valence-corrected chi connectivity index (χ0v) is 10.8. The number of carbonyl (C=O) groups excluding carboxylic acids is 2. The first-order chi connectivity index (χ1) is 6.15. The van der Waals surface area contributed by atoms with Gasteiger partial charge < -0.3 is 14.6 Å². The Hall–Kier alpha value is -0.344. The Kier molecular flexibility index (Phi) is 6.05. The van der Waals surface area contributed by atoms with Crippen LogP contribution in [0.25, 0.3) is 0 Å². The number of ether oxygens (including phenoxy) is 1. The fraction of sp³-hybridized carbons (Fsp3) is 0.143. The third-order valence-corrected chi connectivity index (χ3v) is 1.27. The van der Waals surface area contributed by atoms with Gasteiger partial charge >= 0.3 is 57.4 Å². The maximum atomic E-state index is 10.8. The zero-order valence-electron chi connectivity index (χ0n) is 7.68. The molecule has 0 aromatic carbocycles. The molecule has 1 heterocycles. The van der Waals surface area contributed by atoms with Gasteiger partial charge in [0.05, 0.1) is 13.1 Å². The first kappa shape index (κ1) is 13.7. The summed E-state index contributed by atoms with van der Waals surface area (Å²) in [6.07, 6.45) is 0. The van der Waals surface area contributed by atoms with E-state index in [0.717, 1.165) is 6.07 Å². The van der Waals surface area contributed by atoms with Crippen LogP contribution in [0.3, 0.4) is 0 Å². The van der Waals surface area contributed by atoms with Gasteiger partial charge in [-0.3, -0.25) is 0 Å². The molecule has 0 amide bonds. The summed E-state index contributed by atoms with van der Waals surface area (Å²) in [5, 5.41) is 16.8. The van der Waals surface area contributed by atoms with Gasteiger partial charge in [0.2, 0.25) is 0 Å². The summed E-state index contributed by atoms with van der Waals surface area (Å²) in [4.78, 5) is 21.0. The fourth-order valence-electron chi connectivity index (χ4n) is 0.655. The summed E-state index contributed by atoms with van der Waals surface area (Å²) in [7, 11) is 1.19. The van der Waals surface area contributed by atoms with Crippen molar-refractivity contribution in [3.8, 4) is 0 Å². The second kappa shape index (κ2) is 6.20. The maximum Gasteiger partial charge on any atom is 1.00 e. The number of rotatable bonds is 2. The molecule has 7 heteroatoms. The summed E-state index contributed by atoms with van der Waals surface area (Å²) in [6, 6.07) is 2.32. The minimum atomic E-state index is -1.44. The van der Waals surface area contributed by atoms with Gasteiger partial charge in [0, 0.05) is 0 Å². The number of esters is 1. The Morgan fingerprint density at radius 2 is 1.79 bits per heavy atom. The smallest absolute Gasteiger partial charge is 0.543 e. The van der Waals surface area contributed by atoms with Crippen LogP contribution in [0.5, 0.6) is 0 Å². The van der Waals surface area contributed by atoms with Crippen LogP contribution in [-0.2, 0) is 4.74 Å². The minimum absolute atomic E-state index is 0. The Balaban J connectivity index is 0.00000169. The molecule has 0 N–H and O–H groups in total. The van der Waals surface area contributed by atoms with Crippen LogP contribution in [0, 0.1) is 0 Å². The molecule has 1 aromatic rings. The molecule has 0 unspecified atom stereocenters. The van der Waals surface area contributed by atoms with E-state index < -0.39 is 11.9 Å². The number of aromatic nitrogens is 2. The van der Waals surface area contributed by atoms with Crippen LogP contribution in [0.2, 0.25) is 0 Å². The van der Waals surface area contributed by atoms with Gasteiger partial charge in [-0.25, -0.2) is 4.79 Å². The number of hydrogen-bond acceptors (Lipinski definition) is 6. The molecule has 0 aliphatic heterocycles. The van der Waals surface area contributed by atoms with Crippen LogP contribution < -0.4 is 56.5 Å². The Morgan fingerprint density at radius 3 is 2.14 bits per heavy atom. The molecule has 0 spiro atoms. The summed E-state index contributed by atoms with van der Waals surface area (Å²) in [5.74, 6) is -2.11. The molecule has 0 bridgehead atoms. The van der Waals surface area contributed by atoms with Gasteiger partial charge in [-0.1, -0.05) is 0 Å². The average Bonchev–Trinajstić information content (AvgIpc) is 2.17. The van der Waals surface area contributed by atoms with Gasteiger partial charge in [0.25, 0.3) is 0 Å². The van der Waals surface area contributed by atoms with Crippen molar-refractivity contribution < 1.29 is 70.8 Å². The first-order valence-corrected chi connectivity index (χ1v) is 3.28. The summed E-state index contributed by atoms with van der Waals surface area (Å²) < 4.78 is 4.33. The van der Waals surface area contributed by atoms with E-state index in [1.807, 2.05) is 0 Å². The number of methoxy groups -OCH3 is 1. The summed E-state index contributed by atoms with van der Waals surface area (Å²) >= 11 is 0. The van der Waals surface area contributed by atoms with Gasteiger partial charge in [-0.2, -0.15) is 0 Å². The van der Waals surface area contributed by atoms with E-state index in [0.29, 0.717) is 0 Å². The van der Waals surface area contributed by atoms with E-state index in [4.69, 9.17) is 0 Å². The molecule has 0 saturated carbocycles. The Morgan fingerprint density at radius 1 is 1.29 bits per heavy atom. The quantitative estimate of drug-likeness (QED) is 0.369. The van der Waals surface area contributed by atoms with Crippen molar-refractivity contribution in [1.82, 2.24) is 10.2 Å². The van der Waals surface area contributed by atoms with Crippen LogP contribution in [0.4, 0.5) is 0 Å². The maximum absolute atomic E-state index is 10.8. The van der Waals surface area contributed by atoms with Crippen molar-refractivity contribution in [3.05, 3.63) is 23.5 Å². The molecule has 68 valence electrons. The number of carbonyl (C=O) groups is 2. The van der Waals surface area contributed by atoms with Gasteiger partial charge in [-0.15, -0.1) is 10.2 Å². The van der Waals surface area contributed by atoms with Crippen molar-refractivity contribution in [1.29, 1.82) is 0 Å². The van der Waals surface area contributed by atoms with E-state index in [-0.39, 0.29) is 62.8 Å². The molecular formula is C7H5KN2O4. The van der Waals surface area contributed by atoms with Gasteiger partial charge in [0.1, 0.15) is 5.69 Å². The van der Waals surface area contributed by atoms with Crippen LogP contribution in [-0.4, -0.2) is 29.2 Å². The van der Waals surface area contributed by atoms with E-state index >= 15 is 0 Å². The molecule has 1 rings (SSSR count). The van der Waals surface area contributed by atoms with E-state index in [1.165, 1.54) is 13.2 Å².